The van der Waals surface area contributed by atoms with Gasteiger partial charge in [-0.15, -0.1) is 0 Å². The van der Waals surface area contributed by atoms with Gasteiger partial charge in [0.1, 0.15) is 11.9 Å². The van der Waals surface area contributed by atoms with Crippen LogP contribution in [-0.4, -0.2) is 28.1 Å². The largest absolute Gasteiger partial charge is 0.392 e. The Morgan fingerprint density at radius 3 is 2.27 bits per heavy atom. The number of aliphatic hydroxyl groups excluding tert-OH is 1. The lowest BCUT2D eigenvalue weighted by Gasteiger charge is -2.72. The van der Waals surface area contributed by atoms with Gasteiger partial charge >= 0.3 is 0 Å². The van der Waals surface area contributed by atoms with Crippen molar-refractivity contribution in [1.82, 2.24) is 0 Å². The van der Waals surface area contributed by atoms with Crippen molar-refractivity contribution in [2.45, 2.75) is 106 Å². The van der Waals surface area contributed by atoms with Crippen LogP contribution in [-0.2, 0) is 9.59 Å². The number of halogens is 1. The van der Waals surface area contributed by atoms with Crippen molar-refractivity contribution in [3.63, 3.8) is 0 Å². The topological polar surface area (TPSA) is 78.2 Å². The van der Waals surface area contributed by atoms with Crippen molar-refractivity contribution in [2.24, 2.45) is 56.2 Å². The summed E-state index contributed by atoms with van der Waals surface area (Å²) >= 11 is 3.60. The second-order valence-electron chi connectivity index (χ2n) is 15.6. The molecule has 4 fully saturated rings. The monoisotopic (exact) mass is 571 g/mol. The van der Waals surface area contributed by atoms with Crippen molar-refractivity contribution in [3.05, 3.63) is 11.6 Å². The maximum atomic E-state index is 14.5. The summed E-state index contributed by atoms with van der Waals surface area (Å²) in [6.45, 7) is 15.8. The number of Topliss-reactive ketones (excluding diaryl/α,β-unsaturated/α-hetero) is 2. The lowest BCUT2D eigenvalue weighted by atomic mass is 9.31. The molecule has 5 rings (SSSR count). The molecule has 2 unspecified atom stereocenters. The fraction of sp³-hybridized carbons (Fsp3) is 0.844. The highest BCUT2D eigenvalue weighted by Crippen LogP contribution is 2.76. The van der Waals surface area contributed by atoms with Gasteiger partial charge in [-0.2, -0.15) is 5.26 Å². The summed E-state index contributed by atoms with van der Waals surface area (Å²) in [6.07, 6.45) is 9.00. The molecule has 0 aromatic rings. The van der Waals surface area contributed by atoms with Crippen molar-refractivity contribution in [2.75, 3.05) is 5.33 Å². The zero-order valence-corrected chi connectivity index (χ0v) is 25.5. The van der Waals surface area contributed by atoms with Crippen LogP contribution < -0.4 is 0 Å². The number of carbonyl (C=O) groups excluding carboxylic acids is 2. The van der Waals surface area contributed by atoms with Crippen LogP contribution in [0.5, 0.6) is 0 Å². The van der Waals surface area contributed by atoms with E-state index in [1.165, 1.54) is 0 Å². The quantitative estimate of drug-likeness (QED) is 0.360. The first-order valence-electron chi connectivity index (χ1n) is 14.5. The van der Waals surface area contributed by atoms with E-state index in [0.29, 0.717) is 17.5 Å². The third-order valence-corrected chi connectivity index (χ3v) is 14.0. The second kappa shape index (κ2) is 8.26. The molecule has 4 nitrogen and oxygen atoms in total. The summed E-state index contributed by atoms with van der Waals surface area (Å²) in [5.74, 6) is 0.696. The number of rotatable bonds is 2. The number of aliphatic hydroxyl groups is 1. The van der Waals surface area contributed by atoms with Gasteiger partial charge in [-0.1, -0.05) is 70.5 Å². The van der Waals surface area contributed by atoms with Gasteiger partial charge in [0.25, 0.3) is 0 Å². The zero-order chi connectivity index (χ0) is 27.4. The summed E-state index contributed by atoms with van der Waals surface area (Å²) < 4.78 is 0. The van der Waals surface area contributed by atoms with Crippen LogP contribution in [0.1, 0.15) is 99.8 Å². The minimum atomic E-state index is -0.605. The maximum Gasteiger partial charge on any atom is 0.178 e. The van der Waals surface area contributed by atoms with E-state index >= 15 is 0 Å². The van der Waals surface area contributed by atoms with E-state index in [4.69, 9.17) is 0 Å². The van der Waals surface area contributed by atoms with Crippen LogP contribution >= 0.6 is 15.9 Å². The zero-order valence-electron chi connectivity index (χ0n) is 23.9. The number of fused-ring (bicyclic) bond motifs is 7. The molecule has 1 N–H and O–H groups in total. The average molecular weight is 573 g/mol. The molecule has 0 saturated heterocycles. The second-order valence-corrected chi connectivity index (χ2v) is 16.2. The molecule has 4 saturated carbocycles. The highest BCUT2D eigenvalue weighted by Gasteiger charge is 2.72. The van der Waals surface area contributed by atoms with Crippen LogP contribution in [0.4, 0.5) is 0 Å². The molecule has 9 atom stereocenters. The van der Waals surface area contributed by atoms with Gasteiger partial charge in [-0.25, -0.2) is 0 Å². The van der Waals surface area contributed by atoms with E-state index in [-0.39, 0.29) is 62.1 Å². The predicted molar refractivity (Wildman–Crippen MR) is 149 cm³/mol. The number of allylic oxidation sites excluding steroid dienone is 2. The SMILES string of the molecule is CC1(C)CC[C@]2(C(O)CBr)CC[C@]3(C)[C@H](C(=O)CC4[C@@]5(C)C=C(C#N)C(=O)C(C)(C)[C@@H]5CC[C@]43C)[C@H]2C1. The molecule has 0 spiro atoms. The average Bonchev–Trinajstić information content (AvgIpc) is 2.82. The van der Waals surface area contributed by atoms with Crippen molar-refractivity contribution < 1.29 is 14.7 Å². The summed E-state index contributed by atoms with van der Waals surface area (Å²) in [6, 6.07) is 2.22. The van der Waals surface area contributed by atoms with Crippen LogP contribution in [0.3, 0.4) is 0 Å². The van der Waals surface area contributed by atoms with Gasteiger partial charge in [0.2, 0.25) is 0 Å². The van der Waals surface area contributed by atoms with Gasteiger partial charge in [-0.05, 0) is 84.4 Å². The number of ketones is 2. The van der Waals surface area contributed by atoms with E-state index in [2.05, 4.69) is 56.6 Å². The van der Waals surface area contributed by atoms with Gasteiger partial charge in [0, 0.05) is 28.5 Å². The smallest absolute Gasteiger partial charge is 0.178 e. The highest BCUT2D eigenvalue weighted by molar-refractivity contribution is 9.09. The molecule has 5 aliphatic rings. The molecule has 204 valence electrons. The molecule has 37 heavy (non-hydrogen) atoms. The molecule has 0 amide bonds. The van der Waals surface area contributed by atoms with E-state index in [0.717, 1.165) is 44.9 Å². The molecular formula is C32H46BrNO3. The van der Waals surface area contributed by atoms with Gasteiger partial charge in [0.05, 0.1) is 11.7 Å². The van der Waals surface area contributed by atoms with Crippen molar-refractivity contribution >= 4 is 27.5 Å². The van der Waals surface area contributed by atoms with Gasteiger partial charge < -0.3 is 5.11 Å². The first kappa shape index (κ1) is 27.6. The van der Waals surface area contributed by atoms with Crippen LogP contribution in [0, 0.1) is 67.5 Å². The third kappa shape index (κ3) is 3.39. The molecule has 5 aliphatic carbocycles. The molecule has 0 aromatic carbocycles. The van der Waals surface area contributed by atoms with E-state index in [1.54, 1.807) is 0 Å². The number of hydrogen-bond acceptors (Lipinski definition) is 4. The predicted octanol–water partition coefficient (Wildman–Crippen LogP) is 7.04. The van der Waals surface area contributed by atoms with E-state index < -0.39 is 11.5 Å². The van der Waals surface area contributed by atoms with Crippen LogP contribution in [0.25, 0.3) is 0 Å². The Morgan fingerprint density at radius 1 is 1.00 bits per heavy atom. The molecular weight excluding hydrogens is 526 g/mol. The van der Waals surface area contributed by atoms with Crippen molar-refractivity contribution in [1.29, 1.82) is 5.26 Å². The Hall–Kier alpha value is -0.990. The van der Waals surface area contributed by atoms with E-state index in [9.17, 15) is 20.0 Å². The Kier molecular flexibility index (Phi) is 6.16. The third-order valence-electron chi connectivity index (χ3n) is 13.3. The fourth-order valence-electron chi connectivity index (χ4n) is 11.1. The summed E-state index contributed by atoms with van der Waals surface area (Å²) in [5, 5.41) is 21.9. The van der Waals surface area contributed by atoms with Crippen LogP contribution in [0.2, 0.25) is 0 Å². The van der Waals surface area contributed by atoms with Crippen molar-refractivity contribution in [3.8, 4) is 6.07 Å². The number of nitrogens with zero attached hydrogens (tertiary/aromatic N) is 1. The number of carbonyl (C=O) groups is 2. The minimum absolute atomic E-state index is 0.0389. The Labute approximate surface area is 232 Å². The molecule has 5 heteroatoms. The molecule has 0 bridgehead atoms. The first-order valence-corrected chi connectivity index (χ1v) is 15.6. The first-order chi connectivity index (χ1) is 17.0. The summed E-state index contributed by atoms with van der Waals surface area (Å²) in [4.78, 5) is 27.7. The number of alkyl halides is 1. The minimum Gasteiger partial charge on any atom is -0.392 e. The number of hydrogen-bond donors (Lipinski definition) is 1. The molecule has 0 heterocycles. The Balaban J connectivity index is 1.64. The number of nitriles is 1. The standard InChI is InChI=1S/C32H46BrNO3/c1-27(2)10-12-32(24(36)17-33)13-11-31(7)25(20(32)16-27)21(35)14-23-29(5)15-19(18-34)26(37)28(3,4)22(29)8-9-30(23,31)6/h15,20,22-25,36H,8-14,16-17H2,1-7H3/t20-,22+,23?,24?,25+,29+,30-,31-,32+/m1/s1. The maximum absolute atomic E-state index is 14.5. The Morgan fingerprint density at radius 2 is 1.65 bits per heavy atom. The molecule has 0 aliphatic heterocycles. The van der Waals surface area contributed by atoms with E-state index in [1.807, 2.05) is 19.9 Å². The van der Waals surface area contributed by atoms with Crippen LogP contribution in [0.15, 0.2) is 11.6 Å². The lowest BCUT2D eigenvalue weighted by Crippen LogP contribution is -2.69. The van der Waals surface area contributed by atoms with Gasteiger partial charge in [-0.3, -0.25) is 9.59 Å². The lowest BCUT2D eigenvalue weighted by molar-refractivity contribution is -0.232. The highest BCUT2D eigenvalue weighted by atomic mass is 79.9. The normalized spacial score (nSPS) is 48.9. The summed E-state index contributed by atoms with van der Waals surface area (Å²) in [5.41, 5.74) is -0.960. The summed E-state index contributed by atoms with van der Waals surface area (Å²) in [7, 11) is 0. The fourth-order valence-corrected chi connectivity index (χ4v) is 11.7. The molecule has 0 aromatic heterocycles. The van der Waals surface area contributed by atoms with Gasteiger partial charge in [0.15, 0.2) is 5.78 Å². The Bertz CT molecular complexity index is 1100. The molecule has 0 radical (unpaired) electrons.